The second kappa shape index (κ2) is 6.45. The molecule has 0 radical (unpaired) electrons. The highest BCUT2D eigenvalue weighted by molar-refractivity contribution is 9.09. The van der Waals surface area contributed by atoms with Crippen molar-refractivity contribution in [1.82, 2.24) is 0 Å². The molecule has 0 aliphatic heterocycles. The molecule has 0 bridgehead atoms. The topological polar surface area (TPSA) is 49.7 Å². The smallest absolute Gasteiger partial charge is 0.137 e. The van der Waals surface area contributed by atoms with Gasteiger partial charge in [0.15, 0.2) is 0 Å². The lowest BCUT2D eigenvalue weighted by Gasteiger charge is -2.18. The summed E-state index contributed by atoms with van der Waals surface area (Å²) in [6.07, 6.45) is -1.25. The largest absolute Gasteiger partial charge is 0.495 e. The van der Waals surface area contributed by atoms with Crippen molar-refractivity contribution >= 4 is 27.5 Å². The second-order valence-electron chi connectivity index (χ2n) is 3.38. The van der Waals surface area contributed by atoms with E-state index in [2.05, 4.69) is 15.9 Å². The molecule has 0 saturated carbocycles. The van der Waals surface area contributed by atoms with E-state index in [1.807, 2.05) is 0 Å². The van der Waals surface area contributed by atoms with Gasteiger partial charge in [-0.15, -0.1) is 0 Å². The van der Waals surface area contributed by atoms with Crippen LogP contribution in [0.25, 0.3) is 0 Å². The molecule has 1 rings (SSSR count). The Hall–Kier alpha value is -0.290. The molecule has 0 fully saturated rings. The number of aliphatic hydroxyl groups is 2. The van der Waals surface area contributed by atoms with E-state index in [0.29, 0.717) is 28.1 Å². The van der Waals surface area contributed by atoms with Crippen molar-refractivity contribution in [2.45, 2.75) is 18.6 Å². The molecule has 5 heteroatoms. The molecule has 1 aromatic carbocycles. The lowest BCUT2D eigenvalue weighted by molar-refractivity contribution is 0.0172. The summed E-state index contributed by atoms with van der Waals surface area (Å²) in [5.74, 6) is 0.490. The Labute approximate surface area is 108 Å². The van der Waals surface area contributed by atoms with Gasteiger partial charge in [0.25, 0.3) is 0 Å². The molecular weight excluding hydrogens is 295 g/mol. The van der Waals surface area contributed by atoms with Crippen LogP contribution in [0.3, 0.4) is 0 Å². The number of ether oxygens (including phenoxy) is 1. The van der Waals surface area contributed by atoms with Crippen LogP contribution in [0.15, 0.2) is 18.2 Å². The molecule has 0 heterocycles. The van der Waals surface area contributed by atoms with Crippen LogP contribution in [0.1, 0.15) is 18.1 Å². The molecular formula is C11H14BrClO3. The van der Waals surface area contributed by atoms with E-state index in [1.165, 1.54) is 7.11 Å². The fourth-order valence-electron chi connectivity index (χ4n) is 1.35. The molecule has 0 aliphatic carbocycles. The summed E-state index contributed by atoms with van der Waals surface area (Å²) < 4.78 is 5.04. The van der Waals surface area contributed by atoms with Crippen LogP contribution in [0, 0.1) is 0 Å². The molecule has 3 nitrogen and oxygen atoms in total. The maximum atomic E-state index is 9.86. The molecule has 2 N–H and O–H groups in total. The van der Waals surface area contributed by atoms with Gasteiger partial charge in [0.2, 0.25) is 0 Å². The van der Waals surface area contributed by atoms with Gasteiger partial charge in [-0.25, -0.2) is 0 Å². The van der Waals surface area contributed by atoms with Gasteiger partial charge in [-0.05, 0) is 24.1 Å². The van der Waals surface area contributed by atoms with Crippen molar-refractivity contribution < 1.29 is 14.9 Å². The van der Waals surface area contributed by atoms with E-state index in [0.717, 1.165) is 0 Å². The molecule has 0 spiro atoms. The molecule has 16 heavy (non-hydrogen) atoms. The van der Waals surface area contributed by atoms with Crippen molar-refractivity contribution in [3.8, 4) is 5.75 Å². The van der Waals surface area contributed by atoms with Crippen molar-refractivity contribution in [2.24, 2.45) is 0 Å². The normalized spacial score (nSPS) is 14.6. The maximum absolute atomic E-state index is 9.86. The highest BCUT2D eigenvalue weighted by atomic mass is 79.9. The summed E-state index contributed by atoms with van der Waals surface area (Å²) in [5.41, 5.74) is 0.592. The Kier molecular flexibility index (Phi) is 5.55. The first-order chi connectivity index (χ1) is 7.60. The minimum atomic E-state index is -0.927. The summed E-state index contributed by atoms with van der Waals surface area (Å²) >= 11 is 9.08. The third-order valence-electron chi connectivity index (χ3n) is 2.29. The van der Waals surface area contributed by atoms with Gasteiger partial charge in [-0.2, -0.15) is 0 Å². The van der Waals surface area contributed by atoms with Gasteiger partial charge in [-0.3, -0.25) is 0 Å². The van der Waals surface area contributed by atoms with Crippen molar-refractivity contribution in [1.29, 1.82) is 0 Å². The standard InChI is InChI=1S/C11H14BrClO3/c1-16-10-6-7(2-3-8(10)13)11(15)9(14)4-5-12/h2-3,6,9,11,14-15H,4-5H2,1H3. The highest BCUT2D eigenvalue weighted by Gasteiger charge is 2.18. The molecule has 0 aliphatic rings. The van der Waals surface area contributed by atoms with Gasteiger partial charge < -0.3 is 14.9 Å². The fraction of sp³-hybridized carbons (Fsp3) is 0.455. The lowest BCUT2D eigenvalue weighted by Crippen LogP contribution is -2.18. The van der Waals surface area contributed by atoms with Crippen LogP contribution < -0.4 is 4.74 Å². The van der Waals surface area contributed by atoms with Gasteiger partial charge in [0.05, 0.1) is 18.2 Å². The number of rotatable bonds is 5. The predicted molar refractivity (Wildman–Crippen MR) is 67.4 cm³/mol. The van der Waals surface area contributed by atoms with Crippen LogP contribution in [-0.4, -0.2) is 28.8 Å². The average molecular weight is 310 g/mol. The second-order valence-corrected chi connectivity index (χ2v) is 4.58. The van der Waals surface area contributed by atoms with Crippen LogP contribution in [-0.2, 0) is 0 Å². The quantitative estimate of drug-likeness (QED) is 0.822. The van der Waals surface area contributed by atoms with Crippen molar-refractivity contribution in [3.63, 3.8) is 0 Å². The SMILES string of the molecule is COc1cc(C(O)C(O)CCBr)ccc1Cl. The summed E-state index contributed by atoms with van der Waals surface area (Å²) in [5, 5.41) is 20.6. The molecule has 1 aromatic rings. The molecule has 0 aromatic heterocycles. The van der Waals surface area contributed by atoms with E-state index in [4.69, 9.17) is 16.3 Å². The van der Waals surface area contributed by atoms with Crippen LogP contribution in [0.5, 0.6) is 5.75 Å². The maximum Gasteiger partial charge on any atom is 0.137 e. The minimum absolute atomic E-state index is 0.478. The Morgan fingerprint density at radius 3 is 2.69 bits per heavy atom. The van der Waals surface area contributed by atoms with E-state index in [-0.39, 0.29) is 0 Å². The average Bonchev–Trinajstić information content (AvgIpc) is 2.29. The number of methoxy groups -OCH3 is 1. The Balaban J connectivity index is 2.87. The van der Waals surface area contributed by atoms with Crippen molar-refractivity contribution in [2.75, 3.05) is 12.4 Å². The Morgan fingerprint density at radius 1 is 1.44 bits per heavy atom. The third kappa shape index (κ3) is 3.35. The Bertz CT molecular complexity index is 346. The highest BCUT2D eigenvalue weighted by Crippen LogP contribution is 2.29. The van der Waals surface area contributed by atoms with E-state index in [9.17, 15) is 10.2 Å². The first-order valence-electron chi connectivity index (χ1n) is 4.85. The molecule has 2 unspecified atom stereocenters. The summed E-state index contributed by atoms with van der Waals surface area (Å²) in [7, 11) is 1.51. The van der Waals surface area contributed by atoms with E-state index < -0.39 is 12.2 Å². The molecule has 0 amide bonds. The zero-order valence-corrected chi connectivity index (χ0v) is 11.2. The molecule has 0 saturated heterocycles. The van der Waals surface area contributed by atoms with E-state index >= 15 is 0 Å². The molecule has 2 atom stereocenters. The number of hydrogen-bond donors (Lipinski definition) is 2. The summed E-state index contributed by atoms with van der Waals surface area (Å²) in [4.78, 5) is 0. The predicted octanol–water partition coefficient (Wildman–Crippen LogP) is 2.53. The zero-order chi connectivity index (χ0) is 12.1. The van der Waals surface area contributed by atoms with Gasteiger partial charge in [0.1, 0.15) is 11.9 Å². The fourth-order valence-corrected chi connectivity index (χ4v) is 2.02. The van der Waals surface area contributed by atoms with Crippen LogP contribution in [0.2, 0.25) is 5.02 Å². The number of hydrogen-bond acceptors (Lipinski definition) is 3. The van der Waals surface area contributed by atoms with Crippen molar-refractivity contribution in [3.05, 3.63) is 28.8 Å². The zero-order valence-electron chi connectivity index (χ0n) is 8.86. The molecule has 90 valence electrons. The number of alkyl halides is 1. The number of aliphatic hydroxyl groups excluding tert-OH is 2. The van der Waals surface area contributed by atoms with E-state index in [1.54, 1.807) is 18.2 Å². The third-order valence-corrected chi connectivity index (χ3v) is 3.06. The summed E-state index contributed by atoms with van der Waals surface area (Å²) in [6.45, 7) is 0. The monoisotopic (exact) mass is 308 g/mol. The first-order valence-corrected chi connectivity index (χ1v) is 6.35. The van der Waals surface area contributed by atoms with Crippen LogP contribution in [0.4, 0.5) is 0 Å². The Morgan fingerprint density at radius 2 is 2.12 bits per heavy atom. The number of benzene rings is 1. The van der Waals surface area contributed by atoms with Gasteiger partial charge in [-0.1, -0.05) is 33.6 Å². The van der Waals surface area contributed by atoms with Crippen LogP contribution >= 0.6 is 27.5 Å². The lowest BCUT2D eigenvalue weighted by atomic mass is 10.0. The minimum Gasteiger partial charge on any atom is -0.495 e. The number of halogens is 2. The first kappa shape index (κ1) is 13.8. The van der Waals surface area contributed by atoms with Gasteiger partial charge in [0, 0.05) is 5.33 Å². The summed E-state index contributed by atoms with van der Waals surface area (Å²) in [6, 6.07) is 4.94. The van der Waals surface area contributed by atoms with Gasteiger partial charge >= 0.3 is 0 Å².